The van der Waals surface area contributed by atoms with Crippen molar-refractivity contribution in [3.63, 3.8) is 0 Å². The largest absolute Gasteiger partial charge is 0.478 e. The van der Waals surface area contributed by atoms with E-state index in [4.69, 9.17) is 5.11 Å². The zero-order chi connectivity index (χ0) is 11.0. The van der Waals surface area contributed by atoms with E-state index in [1.54, 1.807) is 0 Å². The van der Waals surface area contributed by atoms with Crippen LogP contribution in [-0.2, 0) is 0 Å². The van der Waals surface area contributed by atoms with Gasteiger partial charge in [-0.15, -0.1) is 0 Å². The first-order valence-corrected chi connectivity index (χ1v) is 4.07. The van der Waals surface area contributed by atoms with Gasteiger partial charge in [0.15, 0.2) is 11.6 Å². The van der Waals surface area contributed by atoms with Gasteiger partial charge >= 0.3 is 5.97 Å². The van der Waals surface area contributed by atoms with Crippen molar-refractivity contribution in [2.24, 2.45) is 0 Å². The predicted octanol–water partition coefficient (Wildman–Crippen LogP) is 2.21. The highest BCUT2D eigenvalue weighted by molar-refractivity contribution is 6.01. The number of halogens is 2. The number of carboxylic acids is 1. The fourth-order valence-corrected chi connectivity index (χ4v) is 1.35. The number of hydrogen-bond acceptors (Lipinski definition) is 2. The number of rotatable bonds is 1. The Bertz CT molecular complexity index is 554. The Morgan fingerprint density at radius 3 is 2.80 bits per heavy atom. The van der Waals surface area contributed by atoms with Crippen molar-refractivity contribution in [3.8, 4) is 0 Å². The summed E-state index contributed by atoms with van der Waals surface area (Å²) in [6.45, 7) is 0. The molecule has 76 valence electrons. The van der Waals surface area contributed by atoms with Crippen molar-refractivity contribution in [2.45, 2.75) is 0 Å². The fourth-order valence-electron chi connectivity index (χ4n) is 1.35. The van der Waals surface area contributed by atoms with Crippen molar-refractivity contribution >= 4 is 16.9 Å². The third-order valence-corrected chi connectivity index (χ3v) is 2.01. The van der Waals surface area contributed by atoms with Crippen LogP contribution >= 0.6 is 0 Å². The highest BCUT2D eigenvalue weighted by atomic mass is 19.2. The molecule has 0 atom stereocenters. The molecule has 1 aromatic heterocycles. The Morgan fingerprint density at radius 1 is 1.40 bits per heavy atom. The first-order valence-electron chi connectivity index (χ1n) is 4.07. The quantitative estimate of drug-likeness (QED) is 0.783. The number of benzene rings is 1. The molecule has 1 N–H and O–H groups in total. The van der Waals surface area contributed by atoms with E-state index >= 15 is 0 Å². The Labute approximate surface area is 83.0 Å². The van der Waals surface area contributed by atoms with Crippen LogP contribution in [0.15, 0.2) is 24.4 Å². The van der Waals surface area contributed by atoms with Crippen LogP contribution in [0.25, 0.3) is 10.9 Å². The van der Waals surface area contributed by atoms with Gasteiger partial charge in [-0.2, -0.15) is 0 Å². The summed E-state index contributed by atoms with van der Waals surface area (Å²) < 4.78 is 26.2. The van der Waals surface area contributed by atoms with Crippen molar-refractivity contribution < 1.29 is 18.7 Å². The molecular formula is C10H5F2NO2. The summed E-state index contributed by atoms with van der Waals surface area (Å²) >= 11 is 0. The molecule has 3 nitrogen and oxygen atoms in total. The molecule has 0 aliphatic heterocycles. The fraction of sp³-hybridized carbons (Fsp3) is 0. The second kappa shape index (κ2) is 3.27. The lowest BCUT2D eigenvalue weighted by Gasteiger charge is -2.03. The summed E-state index contributed by atoms with van der Waals surface area (Å²) in [5.74, 6) is -3.60. The number of nitrogens with zero attached hydrogens (tertiary/aromatic N) is 1. The molecule has 0 aliphatic rings. The van der Waals surface area contributed by atoms with E-state index < -0.39 is 17.6 Å². The zero-order valence-electron chi connectivity index (χ0n) is 7.37. The van der Waals surface area contributed by atoms with Gasteiger partial charge in [-0.3, -0.25) is 4.98 Å². The molecular weight excluding hydrogens is 204 g/mol. The molecule has 5 heteroatoms. The van der Waals surface area contributed by atoms with Gasteiger partial charge < -0.3 is 5.11 Å². The van der Waals surface area contributed by atoms with Gasteiger partial charge in [0.25, 0.3) is 0 Å². The average Bonchev–Trinajstić information content (AvgIpc) is 2.23. The number of pyridine rings is 1. The molecule has 0 bridgehead atoms. The topological polar surface area (TPSA) is 50.2 Å². The summed E-state index contributed by atoms with van der Waals surface area (Å²) in [6, 6.07) is 3.33. The Kier molecular flexibility index (Phi) is 2.07. The lowest BCUT2D eigenvalue weighted by Crippen LogP contribution is -2.02. The molecule has 0 aliphatic carbocycles. The second-order valence-electron chi connectivity index (χ2n) is 2.92. The summed E-state index contributed by atoms with van der Waals surface area (Å²) in [6.07, 6.45) is 1.33. The molecule has 0 radical (unpaired) electrons. The number of hydrogen-bond donors (Lipinski definition) is 1. The molecule has 15 heavy (non-hydrogen) atoms. The van der Waals surface area contributed by atoms with Gasteiger partial charge in [-0.1, -0.05) is 0 Å². The van der Waals surface area contributed by atoms with Crippen LogP contribution in [0.2, 0.25) is 0 Å². The molecule has 2 rings (SSSR count). The maximum Gasteiger partial charge on any atom is 0.338 e. The smallest absolute Gasteiger partial charge is 0.338 e. The van der Waals surface area contributed by atoms with E-state index in [0.29, 0.717) is 6.07 Å². The van der Waals surface area contributed by atoms with Crippen LogP contribution in [0.1, 0.15) is 10.4 Å². The van der Waals surface area contributed by atoms with Crippen LogP contribution in [0, 0.1) is 11.6 Å². The third-order valence-electron chi connectivity index (χ3n) is 2.01. The van der Waals surface area contributed by atoms with Crippen molar-refractivity contribution in [2.75, 3.05) is 0 Å². The average molecular weight is 209 g/mol. The number of carboxylic acid groups (broad SMARTS) is 1. The lowest BCUT2D eigenvalue weighted by molar-refractivity contribution is 0.0698. The van der Waals surface area contributed by atoms with Crippen molar-refractivity contribution in [1.82, 2.24) is 4.98 Å². The van der Waals surface area contributed by atoms with Gasteiger partial charge in [0.2, 0.25) is 0 Å². The molecule has 0 fully saturated rings. The first-order chi connectivity index (χ1) is 7.11. The Morgan fingerprint density at radius 2 is 2.13 bits per heavy atom. The van der Waals surface area contributed by atoms with Gasteiger partial charge in [0.1, 0.15) is 0 Å². The summed E-state index contributed by atoms with van der Waals surface area (Å²) in [7, 11) is 0. The maximum atomic E-state index is 13.2. The lowest BCUT2D eigenvalue weighted by atomic mass is 10.1. The minimum atomic E-state index is -1.34. The number of carbonyl (C=O) groups is 1. The van der Waals surface area contributed by atoms with E-state index in [1.807, 2.05) is 0 Å². The van der Waals surface area contributed by atoms with Crippen LogP contribution in [0.4, 0.5) is 8.78 Å². The van der Waals surface area contributed by atoms with Crippen molar-refractivity contribution in [1.29, 1.82) is 0 Å². The molecule has 1 aromatic carbocycles. The Hall–Kier alpha value is -2.04. The second-order valence-corrected chi connectivity index (χ2v) is 2.92. The molecule has 2 aromatic rings. The number of aromatic carboxylic acids is 1. The van der Waals surface area contributed by atoms with Gasteiger partial charge in [-0.05, 0) is 18.2 Å². The van der Waals surface area contributed by atoms with Crippen LogP contribution in [0.5, 0.6) is 0 Å². The maximum absolute atomic E-state index is 13.2. The summed E-state index contributed by atoms with van der Waals surface area (Å²) in [5.41, 5.74) is -0.395. The molecule has 0 saturated heterocycles. The van der Waals surface area contributed by atoms with Gasteiger partial charge in [0.05, 0.1) is 11.1 Å². The molecule has 0 amide bonds. The molecule has 0 spiro atoms. The number of aromatic nitrogens is 1. The highest BCUT2D eigenvalue weighted by Crippen LogP contribution is 2.22. The first kappa shape index (κ1) is 9.51. The van der Waals surface area contributed by atoms with E-state index in [-0.39, 0.29) is 16.5 Å². The van der Waals surface area contributed by atoms with Crippen LogP contribution in [-0.4, -0.2) is 16.1 Å². The third kappa shape index (κ3) is 1.41. The van der Waals surface area contributed by atoms with Gasteiger partial charge in [0, 0.05) is 11.6 Å². The zero-order valence-corrected chi connectivity index (χ0v) is 7.37. The molecule has 0 saturated carbocycles. The normalized spacial score (nSPS) is 10.5. The SMILES string of the molecule is O=C(O)c1cc(F)c(F)c2cccnc12. The van der Waals surface area contributed by atoms with E-state index in [1.165, 1.54) is 18.3 Å². The van der Waals surface area contributed by atoms with Crippen LogP contribution < -0.4 is 0 Å². The number of fused-ring (bicyclic) bond motifs is 1. The minimum absolute atomic E-state index is 0.0519. The van der Waals surface area contributed by atoms with E-state index in [9.17, 15) is 13.6 Å². The highest BCUT2D eigenvalue weighted by Gasteiger charge is 2.16. The summed E-state index contributed by atoms with van der Waals surface area (Å²) in [5, 5.41) is 8.64. The Balaban J connectivity index is 2.94. The standard InChI is InChI=1S/C10H5F2NO2/c11-7-4-6(10(14)15)9-5(8(7)12)2-1-3-13-9/h1-4H,(H,14,15). The molecule has 1 heterocycles. The molecule has 0 unspecified atom stereocenters. The van der Waals surface area contributed by atoms with Crippen molar-refractivity contribution in [3.05, 3.63) is 41.6 Å². The predicted molar refractivity (Wildman–Crippen MR) is 48.6 cm³/mol. The summed E-state index contributed by atoms with van der Waals surface area (Å²) in [4.78, 5) is 14.5. The van der Waals surface area contributed by atoms with Crippen LogP contribution in [0.3, 0.4) is 0 Å². The minimum Gasteiger partial charge on any atom is -0.478 e. The monoisotopic (exact) mass is 209 g/mol. The van der Waals surface area contributed by atoms with Gasteiger partial charge in [-0.25, -0.2) is 13.6 Å². The van der Waals surface area contributed by atoms with E-state index in [0.717, 1.165) is 0 Å². The van der Waals surface area contributed by atoms with E-state index in [2.05, 4.69) is 4.98 Å².